The standard InChI is InChI=1S/C8H14O4/c1-9-5-3-11-8-6(10-2)4-12-7(5)8/h5-8H,3-4H2,1-2H3/t5-,6-,7-,8+/m1/s1. The minimum Gasteiger partial charge on any atom is -0.376 e. The molecule has 0 unspecified atom stereocenters. The third-order valence-corrected chi connectivity index (χ3v) is 2.57. The molecule has 0 bridgehead atoms. The summed E-state index contributed by atoms with van der Waals surface area (Å²) in [6, 6.07) is 0. The van der Waals surface area contributed by atoms with E-state index in [1.807, 2.05) is 0 Å². The summed E-state index contributed by atoms with van der Waals surface area (Å²) >= 11 is 0. The minimum absolute atomic E-state index is 0.0694. The SMILES string of the molecule is CO[C@@H]1CO[C@H]2[C@H]1OC[C@H]2OC. The van der Waals surface area contributed by atoms with E-state index in [2.05, 4.69) is 0 Å². The molecule has 2 fully saturated rings. The van der Waals surface area contributed by atoms with Gasteiger partial charge in [0.2, 0.25) is 0 Å². The number of methoxy groups -OCH3 is 2. The Morgan fingerprint density at radius 1 is 0.917 bits per heavy atom. The first-order chi connectivity index (χ1) is 5.86. The number of fused-ring (bicyclic) bond motifs is 1. The molecular weight excluding hydrogens is 160 g/mol. The third-order valence-electron chi connectivity index (χ3n) is 2.57. The highest BCUT2D eigenvalue weighted by Gasteiger charge is 2.48. The molecule has 4 atom stereocenters. The highest BCUT2D eigenvalue weighted by molar-refractivity contribution is 4.95. The fourth-order valence-corrected chi connectivity index (χ4v) is 1.83. The van der Waals surface area contributed by atoms with Crippen molar-refractivity contribution >= 4 is 0 Å². The maximum absolute atomic E-state index is 5.51. The Bertz CT molecular complexity index is 143. The first-order valence-corrected chi connectivity index (χ1v) is 4.15. The average molecular weight is 174 g/mol. The Balaban J connectivity index is 2.01. The molecule has 2 saturated heterocycles. The van der Waals surface area contributed by atoms with E-state index in [4.69, 9.17) is 18.9 Å². The molecule has 0 spiro atoms. The van der Waals surface area contributed by atoms with Gasteiger partial charge in [-0.2, -0.15) is 0 Å². The summed E-state index contributed by atoms with van der Waals surface area (Å²) < 4.78 is 21.4. The van der Waals surface area contributed by atoms with Crippen LogP contribution in [0, 0.1) is 0 Å². The molecule has 0 radical (unpaired) electrons. The summed E-state index contributed by atoms with van der Waals surface area (Å²) in [6.07, 6.45) is 0.296. The van der Waals surface area contributed by atoms with Crippen molar-refractivity contribution in [2.45, 2.75) is 24.4 Å². The molecule has 2 aliphatic heterocycles. The van der Waals surface area contributed by atoms with Crippen LogP contribution in [-0.4, -0.2) is 51.8 Å². The van der Waals surface area contributed by atoms with Crippen molar-refractivity contribution in [1.29, 1.82) is 0 Å². The van der Waals surface area contributed by atoms with Gasteiger partial charge >= 0.3 is 0 Å². The van der Waals surface area contributed by atoms with Gasteiger partial charge in [-0.25, -0.2) is 0 Å². The van der Waals surface area contributed by atoms with E-state index in [0.717, 1.165) is 0 Å². The highest BCUT2D eigenvalue weighted by Crippen LogP contribution is 2.29. The van der Waals surface area contributed by atoms with Crippen LogP contribution in [-0.2, 0) is 18.9 Å². The smallest absolute Gasteiger partial charge is 0.115 e. The van der Waals surface area contributed by atoms with E-state index in [9.17, 15) is 0 Å². The Kier molecular flexibility index (Phi) is 2.32. The van der Waals surface area contributed by atoms with Crippen molar-refractivity contribution in [3.8, 4) is 0 Å². The Morgan fingerprint density at radius 2 is 1.33 bits per heavy atom. The zero-order chi connectivity index (χ0) is 8.55. The number of hydrogen-bond acceptors (Lipinski definition) is 4. The zero-order valence-electron chi connectivity index (χ0n) is 7.36. The fraction of sp³-hybridized carbons (Fsp3) is 1.00. The molecule has 4 nitrogen and oxygen atoms in total. The van der Waals surface area contributed by atoms with Crippen molar-refractivity contribution < 1.29 is 18.9 Å². The van der Waals surface area contributed by atoms with E-state index < -0.39 is 0 Å². The van der Waals surface area contributed by atoms with Crippen LogP contribution in [0.25, 0.3) is 0 Å². The quantitative estimate of drug-likeness (QED) is 0.581. The van der Waals surface area contributed by atoms with Crippen LogP contribution in [0.1, 0.15) is 0 Å². The van der Waals surface area contributed by atoms with E-state index in [1.165, 1.54) is 0 Å². The van der Waals surface area contributed by atoms with Gasteiger partial charge in [-0.1, -0.05) is 0 Å². The Hall–Kier alpha value is -0.160. The predicted molar refractivity (Wildman–Crippen MR) is 41.1 cm³/mol. The van der Waals surface area contributed by atoms with Gasteiger partial charge in [0, 0.05) is 14.2 Å². The Morgan fingerprint density at radius 3 is 1.67 bits per heavy atom. The lowest BCUT2D eigenvalue weighted by Crippen LogP contribution is -2.32. The zero-order valence-corrected chi connectivity index (χ0v) is 7.36. The van der Waals surface area contributed by atoms with Crippen LogP contribution in [0.4, 0.5) is 0 Å². The second-order valence-corrected chi connectivity index (χ2v) is 3.14. The maximum atomic E-state index is 5.51. The summed E-state index contributed by atoms with van der Waals surface area (Å²) in [5.41, 5.74) is 0. The normalized spacial score (nSPS) is 46.5. The van der Waals surface area contributed by atoms with E-state index >= 15 is 0 Å². The molecule has 70 valence electrons. The van der Waals surface area contributed by atoms with Crippen LogP contribution >= 0.6 is 0 Å². The van der Waals surface area contributed by atoms with Crippen molar-refractivity contribution in [3.05, 3.63) is 0 Å². The van der Waals surface area contributed by atoms with Gasteiger partial charge in [-0.3, -0.25) is 0 Å². The molecule has 0 N–H and O–H groups in total. The summed E-state index contributed by atoms with van der Waals surface area (Å²) in [5, 5.41) is 0. The largest absolute Gasteiger partial charge is 0.376 e. The second-order valence-electron chi connectivity index (χ2n) is 3.14. The minimum atomic E-state index is 0.0694. The summed E-state index contributed by atoms with van der Waals surface area (Å²) in [5.74, 6) is 0. The lowest BCUT2D eigenvalue weighted by molar-refractivity contribution is -0.0267. The molecule has 0 aromatic rings. The topological polar surface area (TPSA) is 36.9 Å². The molecule has 0 aromatic heterocycles. The Labute approximate surface area is 71.7 Å². The molecule has 0 aliphatic carbocycles. The number of ether oxygens (including phenoxy) is 4. The van der Waals surface area contributed by atoms with Gasteiger partial charge in [0.05, 0.1) is 13.2 Å². The van der Waals surface area contributed by atoms with Crippen LogP contribution in [0.2, 0.25) is 0 Å². The molecule has 2 heterocycles. The molecule has 12 heavy (non-hydrogen) atoms. The van der Waals surface area contributed by atoms with Gasteiger partial charge < -0.3 is 18.9 Å². The monoisotopic (exact) mass is 174 g/mol. The van der Waals surface area contributed by atoms with Crippen molar-refractivity contribution in [2.24, 2.45) is 0 Å². The molecule has 2 rings (SSSR count). The van der Waals surface area contributed by atoms with Crippen LogP contribution < -0.4 is 0 Å². The molecule has 4 heteroatoms. The van der Waals surface area contributed by atoms with Crippen molar-refractivity contribution in [3.63, 3.8) is 0 Å². The van der Waals surface area contributed by atoms with Crippen LogP contribution in [0.5, 0.6) is 0 Å². The van der Waals surface area contributed by atoms with Crippen molar-refractivity contribution in [1.82, 2.24) is 0 Å². The highest BCUT2D eigenvalue weighted by atomic mass is 16.6. The molecule has 0 aromatic carbocycles. The van der Waals surface area contributed by atoms with Gasteiger partial charge in [0.15, 0.2) is 0 Å². The fourth-order valence-electron chi connectivity index (χ4n) is 1.83. The lowest BCUT2D eigenvalue weighted by atomic mass is 10.1. The molecule has 2 aliphatic rings. The predicted octanol–water partition coefficient (Wildman–Crippen LogP) is -0.186. The van der Waals surface area contributed by atoms with E-state index in [1.54, 1.807) is 14.2 Å². The average Bonchev–Trinajstić information content (AvgIpc) is 2.62. The first-order valence-electron chi connectivity index (χ1n) is 4.15. The molecule has 0 saturated carbocycles. The third kappa shape index (κ3) is 1.15. The number of rotatable bonds is 2. The maximum Gasteiger partial charge on any atom is 0.115 e. The van der Waals surface area contributed by atoms with Gasteiger partial charge in [-0.15, -0.1) is 0 Å². The summed E-state index contributed by atoms with van der Waals surface area (Å²) in [7, 11) is 3.36. The van der Waals surface area contributed by atoms with Crippen LogP contribution in [0.3, 0.4) is 0 Å². The molecule has 0 amide bonds. The van der Waals surface area contributed by atoms with Crippen LogP contribution in [0.15, 0.2) is 0 Å². The van der Waals surface area contributed by atoms with Gasteiger partial charge in [0.1, 0.15) is 24.4 Å². The van der Waals surface area contributed by atoms with Crippen molar-refractivity contribution in [2.75, 3.05) is 27.4 Å². The van der Waals surface area contributed by atoms with E-state index in [0.29, 0.717) is 13.2 Å². The number of hydrogen-bond donors (Lipinski definition) is 0. The van der Waals surface area contributed by atoms with Gasteiger partial charge in [0.25, 0.3) is 0 Å². The van der Waals surface area contributed by atoms with Gasteiger partial charge in [-0.05, 0) is 0 Å². The second kappa shape index (κ2) is 3.30. The molecular formula is C8H14O4. The van der Waals surface area contributed by atoms with E-state index in [-0.39, 0.29) is 24.4 Å². The lowest BCUT2D eigenvalue weighted by Gasteiger charge is -2.14. The summed E-state index contributed by atoms with van der Waals surface area (Å²) in [4.78, 5) is 0. The first kappa shape index (κ1) is 8.44. The summed E-state index contributed by atoms with van der Waals surface area (Å²) in [6.45, 7) is 1.23.